The fourth-order valence-electron chi connectivity index (χ4n) is 2.93. The van der Waals surface area contributed by atoms with Gasteiger partial charge in [-0.3, -0.25) is 4.90 Å². The second-order valence-corrected chi connectivity index (χ2v) is 5.73. The molecule has 0 radical (unpaired) electrons. The lowest BCUT2D eigenvalue weighted by Crippen LogP contribution is -2.43. The molecule has 4 heteroatoms. The van der Waals surface area contributed by atoms with E-state index in [1.807, 2.05) is 31.2 Å². The van der Waals surface area contributed by atoms with Gasteiger partial charge in [0.15, 0.2) is 0 Å². The summed E-state index contributed by atoms with van der Waals surface area (Å²) >= 11 is 0. The molecule has 1 unspecified atom stereocenters. The zero-order valence-electron chi connectivity index (χ0n) is 13.2. The standard InChI is InChI=1S/C17H25N3O/c1-4-21-16-7-5-14(6-8-16)17(13-18)20(3)15-9-11-19(2)12-10-15/h5-8,15,17H,4,9-12H2,1-3H3. The van der Waals surface area contributed by atoms with E-state index in [9.17, 15) is 5.26 Å². The molecule has 1 aliphatic heterocycles. The number of hydrogen-bond donors (Lipinski definition) is 0. The van der Waals surface area contributed by atoms with E-state index in [1.54, 1.807) is 0 Å². The van der Waals surface area contributed by atoms with E-state index in [0.717, 1.165) is 37.2 Å². The molecule has 0 saturated carbocycles. The zero-order chi connectivity index (χ0) is 15.2. The SMILES string of the molecule is CCOc1ccc(C(C#N)N(C)C2CCN(C)CC2)cc1. The number of rotatable bonds is 5. The Labute approximate surface area is 127 Å². The molecule has 114 valence electrons. The van der Waals surface area contributed by atoms with Crippen molar-refractivity contribution in [3.05, 3.63) is 29.8 Å². The predicted octanol–water partition coefficient (Wildman–Crippen LogP) is 2.68. The maximum atomic E-state index is 9.57. The van der Waals surface area contributed by atoms with Crippen molar-refractivity contribution in [2.75, 3.05) is 33.8 Å². The van der Waals surface area contributed by atoms with E-state index in [-0.39, 0.29) is 6.04 Å². The summed E-state index contributed by atoms with van der Waals surface area (Å²) in [5, 5.41) is 9.57. The highest BCUT2D eigenvalue weighted by Crippen LogP contribution is 2.26. The zero-order valence-corrected chi connectivity index (χ0v) is 13.2. The van der Waals surface area contributed by atoms with E-state index in [1.165, 1.54) is 0 Å². The van der Waals surface area contributed by atoms with Crippen molar-refractivity contribution in [1.82, 2.24) is 9.80 Å². The Balaban J connectivity index is 2.06. The lowest BCUT2D eigenvalue weighted by Gasteiger charge is -2.37. The summed E-state index contributed by atoms with van der Waals surface area (Å²) < 4.78 is 5.46. The molecular weight excluding hydrogens is 262 g/mol. The fourth-order valence-corrected chi connectivity index (χ4v) is 2.93. The van der Waals surface area contributed by atoms with Crippen LogP contribution in [-0.4, -0.2) is 49.6 Å². The summed E-state index contributed by atoms with van der Waals surface area (Å²) in [5.41, 5.74) is 1.04. The molecule has 1 atom stereocenters. The smallest absolute Gasteiger partial charge is 0.123 e. The van der Waals surface area contributed by atoms with Crippen molar-refractivity contribution in [3.63, 3.8) is 0 Å². The Hall–Kier alpha value is -1.57. The number of nitrogens with zero attached hydrogens (tertiary/aromatic N) is 3. The molecule has 1 heterocycles. The normalized spacial score (nSPS) is 18.4. The van der Waals surface area contributed by atoms with Crippen LogP contribution < -0.4 is 4.74 Å². The van der Waals surface area contributed by atoms with Crippen LogP contribution in [0.1, 0.15) is 31.4 Å². The van der Waals surface area contributed by atoms with Crippen LogP contribution in [0.5, 0.6) is 5.75 Å². The minimum absolute atomic E-state index is 0.186. The molecule has 0 amide bonds. The Morgan fingerprint density at radius 2 is 1.95 bits per heavy atom. The molecule has 1 fully saturated rings. The lowest BCUT2D eigenvalue weighted by atomic mass is 9.99. The summed E-state index contributed by atoms with van der Waals surface area (Å²) in [5.74, 6) is 0.861. The van der Waals surface area contributed by atoms with Gasteiger partial charge in [0.05, 0.1) is 12.7 Å². The molecule has 4 nitrogen and oxygen atoms in total. The number of hydrogen-bond acceptors (Lipinski definition) is 4. The number of ether oxygens (including phenoxy) is 1. The first kappa shape index (κ1) is 15.8. The molecule has 1 aromatic carbocycles. The van der Waals surface area contributed by atoms with Gasteiger partial charge in [-0.2, -0.15) is 5.26 Å². The van der Waals surface area contributed by atoms with E-state index in [2.05, 4.69) is 30.0 Å². The van der Waals surface area contributed by atoms with E-state index in [4.69, 9.17) is 4.74 Å². The largest absolute Gasteiger partial charge is 0.494 e. The third-order valence-corrected chi connectivity index (χ3v) is 4.30. The molecule has 2 rings (SSSR count). The molecule has 1 saturated heterocycles. The van der Waals surface area contributed by atoms with E-state index < -0.39 is 0 Å². The summed E-state index contributed by atoms with van der Waals surface area (Å²) in [4.78, 5) is 4.57. The predicted molar refractivity (Wildman–Crippen MR) is 84.2 cm³/mol. The van der Waals surface area contributed by atoms with Crippen molar-refractivity contribution in [2.24, 2.45) is 0 Å². The molecule has 1 aliphatic rings. The summed E-state index contributed by atoms with van der Waals surface area (Å²) in [6.45, 7) is 4.85. The van der Waals surface area contributed by atoms with Gasteiger partial charge in [-0.1, -0.05) is 12.1 Å². The highest BCUT2D eigenvalue weighted by Gasteiger charge is 2.26. The van der Waals surface area contributed by atoms with Gasteiger partial charge < -0.3 is 9.64 Å². The minimum Gasteiger partial charge on any atom is -0.494 e. The first-order chi connectivity index (χ1) is 10.2. The second-order valence-electron chi connectivity index (χ2n) is 5.73. The van der Waals surface area contributed by atoms with Gasteiger partial charge in [-0.05, 0) is 64.6 Å². The van der Waals surface area contributed by atoms with Crippen molar-refractivity contribution < 1.29 is 4.74 Å². The summed E-state index contributed by atoms with van der Waals surface area (Å²) in [7, 11) is 4.23. The maximum Gasteiger partial charge on any atom is 0.123 e. The van der Waals surface area contributed by atoms with Crippen LogP contribution in [0, 0.1) is 11.3 Å². The number of piperidine rings is 1. The summed E-state index contributed by atoms with van der Waals surface area (Å²) in [6, 6.07) is 10.7. The molecule has 0 aliphatic carbocycles. The van der Waals surface area contributed by atoms with Crippen LogP contribution in [0.15, 0.2) is 24.3 Å². The second kappa shape index (κ2) is 7.44. The maximum absolute atomic E-state index is 9.57. The average Bonchev–Trinajstić information content (AvgIpc) is 2.50. The van der Waals surface area contributed by atoms with Gasteiger partial charge in [0, 0.05) is 6.04 Å². The van der Waals surface area contributed by atoms with Crippen molar-refractivity contribution in [2.45, 2.75) is 31.8 Å². The lowest BCUT2D eigenvalue weighted by molar-refractivity contribution is 0.126. The molecule has 0 aromatic heterocycles. The highest BCUT2D eigenvalue weighted by atomic mass is 16.5. The Morgan fingerprint density at radius 1 is 1.33 bits per heavy atom. The van der Waals surface area contributed by atoms with Gasteiger partial charge in [-0.15, -0.1) is 0 Å². The van der Waals surface area contributed by atoms with Crippen LogP contribution in [0.2, 0.25) is 0 Å². The van der Waals surface area contributed by atoms with Gasteiger partial charge in [0.2, 0.25) is 0 Å². The highest BCUT2D eigenvalue weighted by molar-refractivity contribution is 5.31. The van der Waals surface area contributed by atoms with Crippen molar-refractivity contribution >= 4 is 0 Å². The minimum atomic E-state index is -0.186. The van der Waals surface area contributed by atoms with E-state index >= 15 is 0 Å². The third kappa shape index (κ3) is 3.96. The first-order valence-electron chi connectivity index (χ1n) is 7.68. The fraction of sp³-hybridized carbons (Fsp3) is 0.588. The molecular formula is C17H25N3O. The molecule has 0 bridgehead atoms. The topological polar surface area (TPSA) is 39.5 Å². The van der Waals surface area contributed by atoms with Gasteiger partial charge >= 0.3 is 0 Å². The van der Waals surface area contributed by atoms with Gasteiger partial charge in [-0.25, -0.2) is 0 Å². The van der Waals surface area contributed by atoms with Gasteiger partial charge in [0.1, 0.15) is 11.8 Å². The van der Waals surface area contributed by atoms with Gasteiger partial charge in [0.25, 0.3) is 0 Å². The van der Waals surface area contributed by atoms with Crippen LogP contribution in [0.25, 0.3) is 0 Å². The van der Waals surface area contributed by atoms with Crippen molar-refractivity contribution in [3.8, 4) is 11.8 Å². The first-order valence-corrected chi connectivity index (χ1v) is 7.68. The molecule has 0 N–H and O–H groups in total. The summed E-state index contributed by atoms with van der Waals surface area (Å²) in [6.07, 6.45) is 2.25. The molecule has 21 heavy (non-hydrogen) atoms. The monoisotopic (exact) mass is 287 g/mol. The van der Waals surface area contributed by atoms with Crippen molar-refractivity contribution in [1.29, 1.82) is 5.26 Å². The Kier molecular flexibility index (Phi) is 5.60. The average molecular weight is 287 g/mol. The van der Waals surface area contributed by atoms with Crippen LogP contribution >= 0.6 is 0 Å². The molecule has 0 spiro atoms. The quantitative estimate of drug-likeness (QED) is 0.834. The third-order valence-electron chi connectivity index (χ3n) is 4.30. The Morgan fingerprint density at radius 3 is 2.48 bits per heavy atom. The Bertz CT molecular complexity index is 472. The van der Waals surface area contributed by atoms with Crippen LogP contribution in [-0.2, 0) is 0 Å². The van der Waals surface area contributed by atoms with E-state index in [0.29, 0.717) is 12.6 Å². The number of likely N-dealkylation sites (tertiary alicyclic amines) is 1. The molecule has 1 aromatic rings. The number of nitriles is 1. The number of benzene rings is 1. The van der Waals surface area contributed by atoms with Crippen LogP contribution in [0.4, 0.5) is 0 Å². The van der Waals surface area contributed by atoms with Crippen LogP contribution in [0.3, 0.4) is 0 Å².